The molecule has 3 aromatic rings. The van der Waals surface area contributed by atoms with Crippen LogP contribution in [0.15, 0.2) is 41.5 Å². The van der Waals surface area contributed by atoms with Crippen molar-refractivity contribution in [3.63, 3.8) is 0 Å². The number of hydrogen-bond donors (Lipinski definition) is 8. The number of nitrogen functional groups attached to an aromatic ring is 1. The lowest BCUT2D eigenvalue weighted by atomic mass is 10.1. The van der Waals surface area contributed by atoms with Gasteiger partial charge in [0.1, 0.15) is 18.3 Å². The number of imidazole rings is 1. The number of rotatable bonds is 10. The van der Waals surface area contributed by atoms with Crippen LogP contribution in [0.1, 0.15) is 6.23 Å². The van der Waals surface area contributed by atoms with Crippen molar-refractivity contribution >= 4 is 46.2 Å². The third kappa shape index (κ3) is 6.55. The van der Waals surface area contributed by atoms with E-state index in [1.54, 1.807) is 6.07 Å². The molecule has 1 aliphatic heterocycles. The van der Waals surface area contributed by atoms with Gasteiger partial charge in [-0.2, -0.15) is 13.6 Å². The molecule has 1 fully saturated rings. The number of nitrogens with one attached hydrogen (secondary N) is 2. The summed E-state index contributed by atoms with van der Waals surface area (Å²) in [5, 5.41) is 22.6. The van der Waals surface area contributed by atoms with Crippen molar-refractivity contribution in [2.45, 2.75) is 24.5 Å². The van der Waals surface area contributed by atoms with Gasteiger partial charge in [0.25, 0.3) is 5.56 Å². The number of aliphatic hydroxyl groups excluding tert-OH is 2. The summed E-state index contributed by atoms with van der Waals surface area (Å²) in [6.07, 6.45) is -5.27. The van der Waals surface area contributed by atoms with Crippen LogP contribution in [-0.2, 0) is 31.6 Å². The molecule has 4 rings (SSSR count). The number of nitrogens with two attached hydrogens (primary N) is 1. The van der Waals surface area contributed by atoms with E-state index in [0.717, 1.165) is 10.9 Å². The van der Waals surface area contributed by atoms with Gasteiger partial charge in [0.15, 0.2) is 17.4 Å². The van der Waals surface area contributed by atoms with Crippen LogP contribution in [-0.4, -0.2) is 69.3 Å². The zero-order valence-electron chi connectivity index (χ0n) is 18.7. The molecule has 0 radical (unpaired) electrons. The Balaban J connectivity index is 1.40. The van der Waals surface area contributed by atoms with E-state index in [4.69, 9.17) is 10.5 Å². The molecular weight excluding hydrogens is 577 g/mol. The summed E-state index contributed by atoms with van der Waals surface area (Å²) in [6.45, 7) is -0.982. The largest absolute Gasteiger partial charge is 0.489 e. The van der Waals surface area contributed by atoms with E-state index in [-0.39, 0.29) is 22.8 Å². The molecule has 1 aromatic carbocycles. The smallest absolute Gasteiger partial charge is 0.387 e. The zero-order chi connectivity index (χ0) is 27.9. The molecular formula is C16H21N6O13P3. The Morgan fingerprint density at radius 3 is 2.45 bits per heavy atom. The number of anilines is 2. The molecule has 38 heavy (non-hydrogen) atoms. The van der Waals surface area contributed by atoms with Crippen LogP contribution in [0.2, 0.25) is 0 Å². The molecule has 22 heteroatoms. The average molecular weight is 598 g/mol. The second-order valence-corrected chi connectivity index (χ2v) is 12.4. The van der Waals surface area contributed by atoms with Crippen LogP contribution in [0.25, 0.3) is 11.2 Å². The lowest BCUT2D eigenvalue weighted by Gasteiger charge is -2.20. The van der Waals surface area contributed by atoms with Crippen molar-refractivity contribution in [1.82, 2.24) is 19.5 Å². The normalized spacial score (nSPS) is 26.4. The van der Waals surface area contributed by atoms with Gasteiger partial charge in [-0.3, -0.25) is 24.0 Å². The Hall–Kier alpha value is -2.50. The molecule has 0 bridgehead atoms. The number of aromatic nitrogens is 4. The number of phosphoric ester groups is 1. The van der Waals surface area contributed by atoms with Gasteiger partial charge in [-0.1, -0.05) is 18.2 Å². The number of aromatic amines is 1. The molecule has 2 aromatic heterocycles. The Kier molecular flexibility index (Phi) is 7.94. The van der Waals surface area contributed by atoms with Gasteiger partial charge in [0, 0.05) is 5.69 Å². The first-order valence-corrected chi connectivity index (χ1v) is 14.9. The number of phosphoric acid groups is 2. The highest BCUT2D eigenvalue weighted by Gasteiger charge is 2.47. The fourth-order valence-electron chi connectivity index (χ4n) is 3.40. The molecule has 0 aliphatic carbocycles. The van der Waals surface area contributed by atoms with Crippen molar-refractivity contribution in [1.29, 1.82) is 0 Å². The molecule has 208 valence electrons. The van der Waals surface area contributed by atoms with Gasteiger partial charge < -0.3 is 35.4 Å². The topological polar surface area (TPSA) is 291 Å². The van der Waals surface area contributed by atoms with E-state index in [2.05, 4.69) is 28.1 Å². The summed E-state index contributed by atoms with van der Waals surface area (Å²) in [4.78, 5) is 51.2. The maximum atomic E-state index is 12.2. The summed E-state index contributed by atoms with van der Waals surface area (Å²) in [5.41, 5.74) is 4.61. The van der Waals surface area contributed by atoms with Crippen LogP contribution in [0.4, 0.5) is 11.6 Å². The molecule has 1 saturated heterocycles. The number of para-hydroxylation sites is 1. The molecule has 3 heterocycles. The highest BCUT2D eigenvalue weighted by atomic mass is 31.3. The Bertz CT molecular complexity index is 1520. The van der Waals surface area contributed by atoms with Gasteiger partial charge in [-0.15, -0.1) is 0 Å². The molecule has 1 aliphatic rings. The van der Waals surface area contributed by atoms with E-state index >= 15 is 0 Å². The minimum absolute atomic E-state index is 0.0235. The number of ether oxygens (including phenoxy) is 1. The minimum Gasteiger partial charge on any atom is -0.387 e. The average Bonchev–Trinajstić information content (AvgIpc) is 3.32. The maximum Gasteiger partial charge on any atom is 0.489 e. The van der Waals surface area contributed by atoms with Gasteiger partial charge in [0.05, 0.1) is 12.9 Å². The lowest BCUT2D eigenvalue weighted by molar-refractivity contribution is -0.0503. The van der Waals surface area contributed by atoms with Gasteiger partial charge >= 0.3 is 23.4 Å². The molecule has 0 amide bonds. The predicted molar refractivity (Wildman–Crippen MR) is 126 cm³/mol. The first-order valence-electron chi connectivity index (χ1n) is 10.3. The summed E-state index contributed by atoms with van der Waals surface area (Å²) in [5.74, 6) is -0.266. The van der Waals surface area contributed by atoms with E-state index < -0.39 is 60.1 Å². The van der Waals surface area contributed by atoms with Crippen molar-refractivity contribution in [2.24, 2.45) is 0 Å². The third-order valence-corrected chi connectivity index (χ3v) is 9.31. The molecule has 0 spiro atoms. The summed E-state index contributed by atoms with van der Waals surface area (Å²) in [7, 11) is -16.2. The van der Waals surface area contributed by atoms with Crippen molar-refractivity contribution in [3.8, 4) is 0 Å². The standard InChI is InChI=1S/C16H21N6O13P3/c17-16-19-13-10(14(25)20-16)18-7-22(13)15-12(24)11(23)9(33-15)6-32-37(28,29)35-38(30,31)34-36(26,27)21-8-4-2-1-3-5-8/h1-5,7,9,11-12,15,23-24H,6H2,(H,28,29)(H,30,31)(H2,21,26,27)(H3,17,19,20,25)/t9-,11-,12-,15-/m1/s1. The number of nitrogens with zero attached hydrogens (tertiary/aromatic N) is 3. The second-order valence-electron chi connectivity index (χ2n) is 7.72. The van der Waals surface area contributed by atoms with E-state index in [9.17, 15) is 43.4 Å². The monoisotopic (exact) mass is 598 g/mol. The number of hydrogen-bond acceptors (Lipinski definition) is 13. The lowest BCUT2D eigenvalue weighted by Crippen LogP contribution is -2.33. The Morgan fingerprint density at radius 1 is 1.08 bits per heavy atom. The Labute approximate surface area is 211 Å². The quantitative estimate of drug-likeness (QED) is 0.140. The number of benzene rings is 1. The molecule has 9 N–H and O–H groups in total. The van der Waals surface area contributed by atoms with Crippen molar-refractivity contribution in [3.05, 3.63) is 47.0 Å². The molecule has 7 atom stereocenters. The summed E-state index contributed by atoms with van der Waals surface area (Å²) < 4.78 is 55.6. The highest BCUT2D eigenvalue weighted by molar-refractivity contribution is 7.68. The maximum absolute atomic E-state index is 12.2. The first kappa shape index (κ1) is 28.5. The number of fused-ring (bicyclic) bond motifs is 1. The predicted octanol–water partition coefficient (Wildman–Crippen LogP) is -0.216. The summed E-state index contributed by atoms with van der Waals surface area (Å²) >= 11 is 0. The Morgan fingerprint density at radius 2 is 1.76 bits per heavy atom. The van der Waals surface area contributed by atoms with Crippen LogP contribution in [0.5, 0.6) is 0 Å². The van der Waals surface area contributed by atoms with Crippen LogP contribution in [0, 0.1) is 0 Å². The first-order chi connectivity index (χ1) is 17.7. The van der Waals surface area contributed by atoms with Gasteiger partial charge in [-0.05, 0) is 12.1 Å². The van der Waals surface area contributed by atoms with Crippen LogP contribution >= 0.6 is 23.4 Å². The minimum atomic E-state index is -5.68. The molecule has 19 nitrogen and oxygen atoms in total. The number of aliphatic hydroxyl groups is 2. The molecule has 0 saturated carbocycles. The van der Waals surface area contributed by atoms with E-state index in [1.807, 2.05) is 5.09 Å². The van der Waals surface area contributed by atoms with Gasteiger partial charge in [0.2, 0.25) is 5.95 Å². The van der Waals surface area contributed by atoms with E-state index in [0.29, 0.717) is 0 Å². The van der Waals surface area contributed by atoms with Crippen molar-refractivity contribution < 1.29 is 56.5 Å². The van der Waals surface area contributed by atoms with Crippen LogP contribution in [0.3, 0.4) is 0 Å². The highest BCUT2D eigenvalue weighted by Crippen LogP contribution is 2.67. The molecule has 3 unspecified atom stereocenters. The van der Waals surface area contributed by atoms with Gasteiger partial charge in [-0.25, -0.2) is 18.7 Å². The van der Waals surface area contributed by atoms with Crippen molar-refractivity contribution in [2.75, 3.05) is 17.4 Å². The summed E-state index contributed by atoms with van der Waals surface area (Å²) in [6, 6.07) is 7.22. The fourth-order valence-corrected chi connectivity index (χ4v) is 7.11. The third-order valence-electron chi connectivity index (χ3n) is 4.93. The number of H-pyrrole nitrogens is 1. The SMILES string of the molecule is Nc1nc2c(ncn2[C@@H]2O[C@H](COP(=O)(O)OP(=O)(O)OP(=O)(O)Nc3ccccc3)[C@@H](O)[C@H]2O)c(=O)[nH]1. The van der Waals surface area contributed by atoms with E-state index in [1.165, 1.54) is 24.3 Å². The second kappa shape index (κ2) is 10.6. The zero-order valence-corrected chi connectivity index (χ0v) is 21.4. The fraction of sp³-hybridized carbons (Fsp3) is 0.312. The van der Waals surface area contributed by atoms with Crippen LogP contribution < -0.4 is 16.4 Å².